The van der Waals surface area contributed by atoms with Gasteiger partial charge in [0.15, 0.2) is 0 Å². The molecule has 0 aromatic heterocycles. The van der Waals surface area contributed by atoms with Crippen LogP contribution in [0.2, 0.25) is 0 Å². The van der Waals surface area contributed by atoms with E-state index in [0.29, 0.717) is 0 Å². The Balaban J connectivity index is 2.29. The van der Waals surface area contributed by atoms with Gasteiger partial charge in [0.05, 0.1) is 7.11 Å². The van der Waals surface area contributed by atoms with Crippen LogP contribution in [0.5, 0.6) is 5.75 Å². The van der Waals surface area contributed by atoms with Crippen molar-refractivity contribution in [1.82, 2.24) is 4.90 Å². The molecular weight excluding hydrogens is 238 g/mol. The Morgan fingerprint density at radius 2 is 2.05 bits per heavy atom. The average Bonchev–Trinajstić information content (AvgIpc) is 2.43. The average molecular weight is 257 g/mol. The summed E-state index contributed by atoms with van der Waals surface area (Å²) in [5.41, 5.74) is 1.24. The number of rotatable bonds is 4. The zero-order valence-corrected chi connectivity index (χ0v) is 11.6. The molecule has 0 spiro atoms. The normalized spacial score (nSPS) is 10.5. The summed E-state index contributed by atoms with van der Waals surface area (Å²) in [7, 11) is 3.50. The maximum absolute atomic E-state index is 11.2. The van der Waals surface area contributed by atoms with E-state index < -0.39 is 0 Å². The van der Waals surface area contributed by atoms with Crippen LogP contribution in [0.25, 0.3) is 10.8 Å². The van der Waals surface area contributed by atoms with Gasteiger partial charge < -0.3 is 9.64 Å². The van der Waals surface area contributed by atoms with Crippen LogP contribution in [0.3, 0.4) is 0 Å². The van der Waals surface area contributed by atoms with Gasteiger partial charge in [-0.2, -0.15) is 0 Å². The highest BCUT2D eigenvalue weighted by molar-refractivity contribution is 5.87. The first kappa shape index (κ1) is 13.4. The van der Waals surface area contributed by atoms with Crippen LogP contribution in [0.15, 0.2) is 36.4 Å². The molecule has 0 radical (unpaired) electrons. The second-order valence-electron chi connectivity index (χ2n) is 4.69. The van der Waals surface area contributed by atoms with E-state index in [4.69, 9.17) is 4.74 Å². The molecule has 2 aromatic rings. The fraction of sp³-hybridized carbons (Fsp3) is 0.312. The summed E-state index contributed by atoms with van der Waals surface area (Å²) < 4.78 is 5.28. The Hall–Kier alpha value is -2.03. The summed E-state index contributed by atoms with van der Waals surface area (Å²) in [4.78, 5) is 13.0. The summed E-state index contributed by atoms with van der Waals surface area (Å²) in [5, 5.41) is 2.39. The third-order valence-electron chi connectivity index (χ3n) is 3.43. The van der Waals surface area contributed by atoms with Gasteiger partial charge in [0.1, 0.15) is 5.75 Å². The van der Waals surface area contributed by atoms with E-state index in [9.17, 15) is 4.79 Å². The molecule has 0 aliphatic heterocycles. The Morgan fingerprint density at radius 1 is 1.26 bits per heavy atom. The highest BCUT2D eigenvalue weighted by atomic mass is 16.5. The number of nitrogens with zero attached hydrogens (tertiary/aromatic N) is 1. The van der Waals surface area contributed by atoms with Crippen LogP contribution in [-0.4, -0.2) is 31.5 Å². The van der Waals surface area contributed by atoms with Crippen molar-refractivity contribution in [3.05, 3.63) is 42.0 Å². The van der Waals surface area contributed by atoms with E-state index in [1.807, 2.05) is 13.1 Å². The van der Waals surface area contributed by atoms with Crippen LogP contribution < -0.4 is 4.74 Å². The minimum atomic E-state index is 0.0952. The van der Waals surface area contributed by atoms with E-state index in [1.165, 1.54) is 16.3 Å². The van der Waals surface area contributed by atoms with Crippen molar-refractivity contribution < 1.29 is 9.53 Å². The van der Waals surface area contributed by atoms with Gasteiger partial charge in [-0.25, -0.2) is 0 Å². The predicted molar refractivity (Wildman–Crippen MR) is 77.5 cm³/mol. The first-order valence-corrected chi connectivity index (χ1v) is 6.39. The molecule has 0 aliphatic carbocycles. The second kappa shape index (κ2) is 5.74. The number of methoxy groups -OCH3 is 1. The van der Waals surface area contributed by atoms with Crippen LogP contribution in [0.4, 0.5) is 0 Å². The lowest BCUT2D eigenvalue weighted by molar-refractivity contribution is -0.127. The van der Waals surface area contributed by atoms with Gasteiger partial charge >= 0.3 is 0 Å². The van der Waals surface area contributed by atoms with Crippen molar-refractivity contribution >= 4 is 16.7 Å². The molecule has 3 nitrogen and oxygen atoms in total. The first-order valence-electron chi connectivity index (χ1n) is 6.39. The summed E-state index contributed by atoms with van der Waals surface area (Å²) in [6, 6.07) is 12.3. The minimum Gasteiger partial charge on any atom is -0.497 e. The standard InChI is InChI=1S/C16H19NO2/c1-12(18)17(2)10-9-14-6-4-5-13-7-8-15(19-3)11-16(13)14/h4-8,11H,9-10H2,1-3H3. The largest absolute Gasteiger partial charge is 0.497 e. The Bertz CT molecular complexity index is 592. The molecule has 0 fully saturated rings. The van der Waals surface area contributed by atoms with Crippen LogP contribution in [0, 0.1) is 0 Å². The molecule has 0 heterocycles. The fourth-order valence-electron chi connectivity index (χ4n) is 2.11. The number of carbonyl (C=O) groups is 1. The van der Waals surface area contributed by atoms with Gasteiger partial charge in [-0.05, 0) is 34.9 Å². The van der Waals surface area contributed by atoms with Crippen molar-refractivity contribution in [2.45, 2.75) is 13.3 Å². The molecule has 3 heteroatoms. The molecule has 2 aromatic carbocycles. The molecule has 2 rings (SSSR count). The van der Waals surface area contributed by atoms with E-state index in [1.54, 1.807) is 18.9 Å². The Kier molecular flexibility index (Phi) is 4.05. The lowest BCUT2D eigenvalue weighted by Crippen LogP contribution is -2.26. The SMILES string of the molecule is COc1ccc2cccc(CCN(C)C(C)=O)c2c1. The lowest BCUT2D eigenvalue weighted by atomic mass is 10.0. The van der Waals surface area contributed by atoms with E-state index in [-0.39, 0.29) is 5.91 Å². The van der Waals surface area contributed by atoms with Crippen molar-refractivity contribution in [3.63, 3.8) is 0 Å². The summed E-state index contributed by atoms with van der Waals surface area (Å²) in [5.74, 6) is 0.956. The van der Waals surface area contributed by atoms with Gasteiger partial charge in [-0.3, -0.25) is 4.79 Å². The number of amides is 1. The van der Waals surface area contributed by atoms with Crippen molar-refractivity contribution in [2.24, 2.45) is 0 Å². The molecular formula is C16H19NO2. The van der Waals surface area contributed by atoms with Crippen LogP contribution in [0.1, 0.15) is 12.5 Å². The number of benzene rings is 2. The van der Waals surface area contributed by atoms with E-state index >= 15 is 0 Å². The highest BCUT2D eigenvalue weighted by Gasteiger charge is 2.06. The molecule has 0 bridgehead atoms. The second-order valence-corrected chi connectivity index (χ2v) is 4.69. The maximum atomic E-state index is 11.2. The molecule has 0 saturated carbocycles. The quantitative estimate of drug-likeness (QED) is 0.843. The van der Waals surface area contributed by atoms with Crippen molar-refractivity contribution in [2.75, 3.05) is 20.7 Å². The zero-order chi connectivity index (χ0) is 13.8. The molecule has 0 saturated heterocycles. The third kappa shape index (κ3) is 3.05. The fourth-order valence-corrected chi connectivity index (χ4v) is 2.11. The van der Waals surface area contributed by atoms with Gasteiger partial charge in [0, 0.05) is 20.5 Å². The van der Waals surface area contributed by atoms with Crippen LogP contribution >= 0.6 is 0 Å². The molecule has 0 N–H and O–H groups in total. The van der Waals surface area contributed by atoms with E-state index in [2.05, 4.69) is 30.3 Å². The topological polar surface area (TPSA) is 29.5 Å². The van der Waals surface area contributed by atoms with Gasteiger partial charge in [-0.1, -0.05) is 24.3 Å². The molecule has 1 amide bonds. The van der Waals surface area contributed by atoms with Crippen molar-refractivity contribution in [3.8, 4) is 5.75 Å². The number of ether oxygens (including phenoxy) is 1. The van der Waals surface area contributed by atoms with Gasteiger partial charge in [0.25, 0.3) is 0 Å². The summed E-state index contributed by atoms with van der Waals surface area (Å²) >= 11 is 0. The third-order valence-corrected chi connectivity index (χ3v) is 3.43. The molecule has 0 atom stereocenters. The number of hydrogen-bond acceptors (Lipinski definition) is 2. The van der Waals surface area contributed by atoms with Gasteiger partial charge in [0.2, 0.25) is 5.91 Å². The first-order chi connectivity index (χ1) is 9.11. The minimum absolute atomic E-state index is 0.0952. The van der Waals surface area contributed by atoms with E-state index in [0.717, 1.165) is 18.7 Å². The highest BCUT2D eigenvalue weighted by Crippen LogP contribution is 2.24. The molecule has 0 aliphatic rings. The molecule has 19 heavy (non-hydrogen) atoms. The summed E-state index contributed by atoms with van der Waals surface area (Å²) in [6.45, 7) is 2.32. The Labute approximate surface area is 113 Å². The Morgan fingerprint density at radius 3 is 2.74 bits per heavy atom. The number of hydrogen-bond donors (Lipinski definition) is 0. The molecule has 0 unspecified atom stereocenters. The maximum Gasteiger partial charge on any atom is 0.219 e. The van der Waals surface area contributed by atoms with Gasteiger partial charge in [-0.15, -0.1) is 0 Å². The monoisotopic (exact) mass is 257 g/mol. The summed E-state index contributed by atoms with van der Waals surface area (Å²) in [6.07, 6.45) is 0.848. The number of fused-ring (bicyclic) bond motifs is 1. The smallest absolute Gasteiger partial charge is 0.219 e. The number of carbonyl (C=O) groups excluding carboxylic acids is 1. The van der Waals surface area contributed by atoms with Crippen LogP contribution in [-0.2, 0) is 11.2 Å². The molecule has 100 valence electrons. The van der Waals surface area contributed by atoms with Crippen molar-refractivity contribution in [1.29, 1.82) is 0 Å². The number of likely N-dealkylation sites (N-methyl/N-ethyl adjacent to an activating group) is 1. The lowest BCUT2D eigenvalue weighted by Gasteiger charge is -2.15. The predicted octanol–water partition coefficient (Wildman–Crippen LogP) is 2.87. The zero-order valence-electron chi connectivity index (χ0n) is 11.6.